The summed E-state index contributed by atoms with van der Waals surface area (Å²) in [6, 6.07) is 6.41. The van der Waals surface area contributed by atoms with Gasteiger partial charge in [-0.1, -0.05) is 25.3 Å². The molecule has 1 N–H and O–H groups in total. The van der Waals surface area contributed by atoms with Crippen LogP contribution in [0.1, 0.15) is 67.0 Å². The monoisotopic (exact) mass is 507 g/mol. The number of aromatic nitrogens is 3. The highest BCUT2D eigenvalue weighted by atomic mass is 32.1. The van der Waals surface area contributed by atoms with E-state index in [0.29, 0.717) is 30.0 Å². The molecule has 1 aliphatic carbocycles. The minimum atomic E-state index is -0.278. The molecule has 2 fully saturated rings. The van der Waals surface area contributed by atoms with Gasteiger partial charge in [0.25, 0.3) is 5.91 Å². The average Bonchev–Trinajstić information content (AvgIpc) is 3.57. The fourth-order valence-electron chi connectivity index (χ4n) is 5.37. The van der Waals surface area contributed by atoms with Gasteiger partial charge in [-0.15, -0.1) is 11.3 Å². The number of rotatable bonds is 6. The molecule has 1 saturated heterocycles. The lowest BCUT2D eigenvalue weighted by Crippen LogP contribution is -2.44. The van der Waals surface area contributed by atoms with Gasteiger partial charge in [-0.25, -0.2) is 9.97 Å². The normalized spacial score (nSPS) is 18.7. The lowest BCUT2D eigenvalue weighted by atomic mass is 9.83. The van der Waals surface area contributed by atoms with Crippen LogP contribution in [0.5, 0.6) is 5.75 Å². The summed E-state index contributed by atoms with van der Waals surface area (Å²) in [5.41, 5.74) is 3.10. The Bertz CT molecular complexity index is 1230. The maximum Gasteiger partial charge on any atom is 0.289 e. The molecular formula is C27H33N5O3S. The zero-order chi connectivity index (χ0) is 25.1. The zero-order valence-corrected chi connectivity index (χ0v) is 21.7. The summed E-state index contributed by atoms with van der Waals surface area (Å²) in [5.74, 6) is 1.25. The van der Waals surface area contributed by atoms with Crippen molar-refractivity contribution in [1.29, 1.82) is 0 Å². The van der Waals surface area contributed by atoms with E-state index in [1.54, 1.807) is 36.0 Å². The van der Waals surface area contributed by atoms with Gasteiger partial charge in [0.05, 0.1) is 18.7 Å². The molecule has 2 aromatic heterocycles. The molecule has 190 valence electrons. The molecule has 8 nitrogen and oxygen atoms in total. The van der Waals surface area contributed by atoms with Crippen LogP contribution in [-0.4, -0.2) is 51.4 Å². The largest absolute Gasteiger partial charge is 0.496 e. The number of carbonyl (C=O) groups is 2. The van der Waals surface area contributed by atoms with Crippen LogP contribution >= 0.6 is 11.3 Å². The number of carbonyl (C=O) groups excluding carboxylic acids is 2. The van der Waals surface area contributed by atoms with Crippen molar-refractivity contribution in [3.63, 3.8) is 0 Å². The van der Waals surface area contributed by atoms with Crippen LogP contribution in [-0.2, 0) is 11.8 Å². The first-order chi connectivity index (χ1) is 17.5. The molecule has 3 heterocycles. The maximum absolute atomic E-state index is 13.1. The molecule has 1 unspecified atom stereocenters. The summed E-state index contributed by atoms with van der Waals surface area (Å²) in [4.78, 5) is 36.6. The van der Waals surface area contributed by atoms with Gasteiger partial charge in [0.15, 0.2) is 11.0 Å². The Hall–Kier alpha value is -3.20. The molecule has 2 amide bonds. The molecule has 36 heavy (non-hydrogen) atoms. The molecule has 9 heteroatoms. The number of nitrogens with one attached hydrogen (secondary N) is 1. The second kappa shape index (κ2) is 10.8. The van der Waals surface area contributed by atoms with E-state index in [1.807, 2.05) is 11.4 Å². The van der Waals surface area contributed by atoms with Crippen molar-refractivity contribution in [3.05, 3.63) is 47.4 Å². The minimum Gasteiger partial charge on any atom is -0.496 e. The molecule has 1 aromatic carbocycles. The molecule has 1 aliphatic heterocycles. The van der Waals surface area contributed by atoms with Crippen molar-refractivity contribution in [2.45, 2.75) is 50.9 Å². The number of anilines is 1. The molecule has 5 rings (SSSR count). The summed E-state index contributed by atoms with van der Waals surface area (Å²) in [5, 5.41) is 5.52. The minimum absolute atomic E-state index is 0.101. The van der Waals surface area contributed by atoms with Gasteiger partial charge >= 0.3 is 0 Å². The Labute approximate surface area is 215 Å². The van der Waals surface area contributed by atoms with Crippen LogP contribution in [0.3, 0.4) is 0 Å². The van der Waals surface area contributed by atoms with Crippen molar-refractivity contribution in [2.75, 3.05) is 25.5 Å². The van der Waals surface area contributed by atoms with Crippen molar-refractivity contribution >= 4 is 28.3 Å². The lowest BCUT2D eigenvalue weighted by Gasteiger charge is -2.31. The van der Waals surface area contributed by atoms with Crippen LogP contribution in [0.2, 0.25) is 0 Å². The second-order valence-corrected chi connectivity index (χ2v) is 10.6. The van der Waals surface area contributed by atoms with Gasteiger partial charge in [-0.05, 0) is 49.3 Å². The fraction of sp³-hybridized carbons (Fsp3) is 0.481. The predicted octanol–water partition coefficient (Wildman–Crippen LogP) is 5.09. The molecule has 0 bridgehead atoms. The fourth-order valence-corrected chi connectivity index (χ4v) is 6.08. The quantitative estimate of drug-likeness (QED) is 0.502. The molecular weight excluding hydrogens is 474 g/mol. The molecule has 0 radical (unpaired) electrons. The number of piperidine rings is 1. The number of thiazole rings is 1. The first-order valence-corrected chi connectivity index (χ1v) is 13.6. The Morgan fingerprint density at radius 2 is 1.97 bits per heavy atom. The smallest absolute Gasteiger partial charge is 0.289 e. The van der Waals surface area contributed by atoms with Gasteiger partial charge in [0.1, 0.15) is 5.75 Å². The zero-order valence-electron chi connectivity index (χ0n) is 20.9. The van der Waals surface area contributed by atoms with Crippen LogP contribution in [0.15, 0.2) is 36.0 Å². The van der Waals surface area contributed by atoms with Gasteiger partial charge in [0.2, 0.25) is 5.91 Å². The van der Waals surface area contributed by atoms with Crippen LogP contribution in [0, 0.1) is 5.92 Å². The van der Waals surface area contributed by atoms with Gasteiger partial charge in [-0.2, -0.15) is 0 Å². The molecule has 3 aromatic rings. The first-order valence-electron chi connectivity index (χ1n) is 12.7. The standard InChI is InChI=1S/C27H33N5O3S/c1-31-14-12-28-24(31)26(34)32-13-6-9-20(16-32)25(33)30-27-29-22(17-36-27)21-15-19(10-11-23(21)35-2)18-7-4-3-5-8-18/h10-12,14-15,17-18,20H,3-9,13,16H2,1-2H3,(H,29,30,33). The SMILES string of the molecule is COc1ccc(C2CCCCC2)cc1-c1csc(NC(=O)C2CCCN(C(=O)c3nccn3C)C2)n1. The van der Waals surface area contributed by atoms with E-state index in [1.165, 1.54) is 49.0 Å². The van der Waals surface area contributed by atoms with Gasteiger partial charge in [-0.3, -0.25) is 9.59 Å². The highest BCUT2D eigenvalue weighted by Gasteiger charge is 2.31. The number of methoxy groups -OCH3 is 1. The number of nitrogens with zero attached hydrogens (tertiary/aromatic N) is 4. The lowest BCUT2D eigenvalue weighted by molar-refractivity contribution is -0.121. The molecule has 1 saturated carbocycles. The van der Waals surface area contributed by atoms with Crippen molar-refractivity contribution in [3.8, 4) is 17.0 Å². The Kier molecular flexibility index (Phi) is 7.36. The number of hydrogen-bond acceptors (Lipinski definition) is 6. The first kappa shape index (κ1) is 24.5. The van der Waals surface area contributed by atoms with Crippen LogP contribution in [0.4, 0.5) is 5.13 Å². The van der Waals surface area contributed by atoms with E-state index in [2.05, 4.69) is 22.4 Å². The number of ether oxygens (including phenoxy) is 1. The number of likely N-dealkylation sites (tertiary alicyclic amines) is 1. The van der Waals surface area contributed by atoms with Crippen molar-refractivity contribution < 1.29 is 14.3 Å². The summed E-state index contributed by atoms with van der Waals surface area (Å²) < 4.78 is 7.34. The Morgan fingerprint density at radius 3 is 2.72 bits per heavy atom. The third kappa shape index (κ3) is 5.16. The average molecular weight is 508 g/mol. The highest BCUT2D eigenvalue weighted by Crippen LogP contribution is 2.38. The predicted molar refractivity (Wildman–Crippen MR) is 140 cm³/mol. The maximum atomic E-state index is 13.1. The number of aryl methyl sites for hydroxylation is 1. The van der Waals surface area contributed by atoms with E-state index >= 15 is 0 Å². The van der Waals surface area contributed by atoms with Gasteiger partial charge < -0.3 is 19.5 Å². The number of hydrogen-bond donors (Lipinski definition) is 1. The molecule has 1 atom stereocenters. The summed E-state index contributed by atoms with van der Waals surface area (Å²) in [7, 11) is 3.48. The van der Waals surface area contributed by atoms with Gasteiger partial charge in [0, 0.05) is 43.5 Å². The Morgan fingerprint density at radius 1 is 1.14 bits per heavy atom. The van der Waals surface area contributed by atoms with E-state index in [4.69, 9.17) is 9.72 Å². The van der Waals surface area contributed by atoms with Crippen LogP contribution < -0.4 is 10.1 Å². The second-order valence-electron chi connectivity index (χ2n) is 9.77. The molecule has 2 aliphatic rings. The topological polar surface area (TPSA) is 89.4 Å². The summed E-state index contributed by atoms with van der Waals surface area (Å²) in [6.07, 6.45) is 11.2. The molecule has 0 spiro atoms. The number of imidazole rings is 1. The number of benzene rings is 1. The third-order valence-electron chi connectivity index (χ3n) is 7.40. The van der Waals surface area contributed by atoms with E-state index in [0.717, 1.165) is 29.8 Å². The summed E-state index contributed by atoms with van der Waals surface area (Å²) >= 11 is 1.41. The van der Waals surface area contributed by atoms with E-state index in [-0.39, 0.29) is 17.7 Å². The van der Waals surface area contributed by atoms with Crippen molar-refractivity contribution in [1.82, 2.24) is 19.4 Å². The third-order valence-corrected chi connectivity index (χ3v) is 8.16. The van der Waals surface area contributed by atoms with Crippen LogP contribution in [0.25, 0.3) is 11.3 Å². The van der Waals surface area contributed by atoms with E-state index < -0.39 is 0 Å². The number of amides is 2. The highest BCUT2D eigenvalue weighted by molar-refractivity contribution is 7.14. The summed E-state index contributed by atoms with van der Waals surface area (Å²) in [6.45, 7) is 1.01. The Balaban J connectivity index is 1.27. The van der Waals surface area contributed by atoms with Crippen molar-refractivity contribution in [2.24, 2.45) is 13.0 Å². The van der Waals surface area contributed by atoms with E-state index in [9.17, 15) is 9.59 Å².